The van der Waals surface area contributed by atoms with Gasteiger partial charge in [0.15, 0.2) is 0 Å². The van der Waals surface area contributed by atoms with Gasteiger partial charge < -0.3 is 10.8 Å². The van der Waals surface area contributed by atoms with Crippen LogP contribution in [0.15, 0.2) is 22.7 Å². The Bertz CT molecular complexity index is 275. The van der Waals surface area contributed by atoms with Crippen LogP contribution < -0.4 is 5.73 Å². The highest BCUT2D eigenvalue weighted by atomic mass is 79.9. The molecule has 0 aliphatic heterocycles. The van der Waals surface area contributed by atoms with E-state index < -0.39 is 0 Å². The maximum Gasteiger partial charge on any atom is 0.0624 e. The van der Waals surface area contributed by atoms with E-state index in [0.29, 0.717) is 0 Å². The molecule has 1 atom stereocenters. The van der Waals surface area contributed by atoms with E-state index in [9.17, 15) is 0 Å². The van der Waals surface area contributed by atoms with Crippen LogP contribution in [0.3, 0.4) is 0 Å². The van der Waals surface area contributed by atoms with Crippen molar-refractivity contribution in [1.82, 2.24) is 0 Å². The Kier molecular flexibility index (Phi) is 3.26. The number of aliphatic hydroxyl groups excluding tert-OH is 1. The largest absolute Gasteiger partial charge is 0.394 e. The minimum Gasteiger partial charge on any atom is -0.394 e. The average Bonchev–Trinajstić information content (AvgIpc) is 2.08. The first-order valence-corrected chi connectivity index (χ1v) is 4.57. The highest BCUT2D eigenvalue weighted by Crippen LogP contribution is 2.22. The van der Waals surface area contributed by atoms with Crippen molar-refractivity contribution in [2.45, 2.75) is 13.0 Å². The Morgan fingerprint density at radius 1 is 1.58 bits per heavy atom. The molecule has 0 bridgehead atoms. The zero-order valence-electron chi connectivity index (χ0n) is 6.92. The molecule has 1 aromatic rings. The van der Waals surface area contributed by atoms with Gasteiger partial charge in [-0.2, -0.15) is 0 Å². The predicted octanol–water partition coefficient (Wildman–Crippen LogP) is 1.75. The Hall–Kier alpha value is -0.380. The van der Waals surface area contributed by atoms with Gasteiger partial charge in [0.1, 0.15) is 0 Å². The molecule has 0 radical (unpaired) electrons. The molecule has 12 heavy (non-hydrogen) atoms. The topological polar surface area (TPSA) is 46.2 Å². The first kappa shape index (κ1) is 9.71. The number of nitrogens with two attached hydrogens (primary N) is 1. The molecular formula is C9H12BrNO. The van der Waals surface area contributed by atoms with Crippen molar-refractivity contribution in [2.75, 3.05) is 6.61 Å². The molecule has 0 heterocycles. The molecule has 0 saturated heterocycles. The molecule has 0 spiro atoms. The van der Waals surface area contributed by atoms with E-state index in [4.69, 9.17) is 10.8 Å². The summed E-state index contributed by atoms with van der Waals surface area (Å²) in [6.45, 7) is 1.97. The van der Waals surface area contributed by atoms with Crippen molar-refractivity contribution in [3.63, 3.8) is 0 Å². The zero-order chi connectivity index (χ0) is 9.14. The first-order valence-electron chi connectivity index (χ1n) is 3.77. The molecule has 0 fully saturated rings. The summed E-state index contributed by atoms with van der Waals surface area (Å²) in [5.74, 6) is 0. The second kappa shape index (κ2) is 4.03. The van der Waals surface area contributed by atoms with Crippen LogP contribution in [0.1, 0.15) is 17.2 Å². The lowest BCUT2D eigenvalue weighted by atomic mass is 10.1. The third kappa shape index (κ3) is 2.06. The van der Waals surface area contributed by atoms with Gasteiger partial charge in [-0.25, -0.2) is 0 Å². The number of halogens is 1. The molecule has 0 aliphatic carbocycles. The van der Waals surface area contributed by atoms with Crippen LogP contribution in [0.5, 0.6) is 0 Å². The molecule has 3 N–H and O–H groups in total. The Morgan fingerprint density at radius 3 is 2.83 bits per heavy atom. The second-order valence-electron chi connectivity index (χ2n) is 2.81. The van der Waals surface area contributed by atoms with Crippen LogP contribution in [0.25, 0.3) is 0 Å². The summed E-state index contributed by atoms with van der Waals surface area (Å²) in [5.41, 5.74) is 7.79. The monoisotopic (exact) mass is 229 g/mol. The van der Waals surface area contributed by atoms with Gasteiger partial charge in [0.05, 0.1) is 12.6 Å². The highest BCUT2D eigenvalue weighted by Gasteiger charge is 2.07. The Labute approximate surface area is 80.5 Å². The number of rotatable bonds is 2. The smallest absolute Gasteiger partial charge is 0.0624 e. The summed E-state index contributed by atoms with van der Waals surface area (Å²) in [6, 6.07) is 5.63. The van der Waals surface area contributed by atoms with Crippen molar-refractivity contribution >= 4 is 15.9 Å². The van der Waals surface area contributed by atoms with Gasteiger partial charge in [0, 0.05) is 4.47 Å². The van der Waals surface area contributed by atoms with Gasteiger partial charge >= 0.3 is 0 Å². The van der Waals surface area contributed by atoms with Crippen LogP contribution in [0.2, 0.25) is 0 Å². The summed E-state index contributed by atoms with van der Waals surface area (Å²) in [6.07, 6.45) is 0. The van der Waals surface area contributed by atoms with Crippen LogP contribution in [-0.2, 0) is 0 Å². The highest BCUT2D eigenvalue weighted by molar-refractivity contribution is 9.10. The molecule has 0 aromatic heterocycles. The fraction of sp³-hybridized carbons (Fsp3) is 0.333. The minimum atomic E-state index is -0.292. The van der Waals surface area contributed by atoms with E-state index in [1.165, 1.54) is 0 Å². The molecule has 1 aromatic carbocycles. The van der Waals surface area contributed by atoms with Gasteiger partial charge in [-0.3, -0.25) is 0 Å². The average molecular weight is 230 g/mol. The molecule has 66 valence electrons. The summed E-state index contributed by atoms with van der Waals surface area (Å²) in [5, 5.41) is 8.86. The molecule has 1 rings (SSSR count). The van der Waals surface area contributed by atoms with E-state index >= 15 is 0 Å². The van der Waals surface area contributed by atoms with Gasteiger partial charge in [-0.1, -0.05) is 33.6 Å². The molecule has 2 nitrogen and oxygen atoms in total. The normalized spacial score (nSPS) is 13.0. The fourth-order valence-corrected chi connectivity index (χ4v) is 1.59. The zero-order valence-corrected chi connectivity index (χ0v) is 8.51. The van der Waals surface area contributed by atoms with Crippen LogP contribution in [-0.4, -0.2) is 11.7 Å². The molecule has 0 unspecified atom stereocenters. The summed E-state index contributed by atoms with van der Waals surface area (Å²) < 4.78 is 0.953. The van der Waals surface area contributed by atoms with Crippen molar-refractivity contribution in [1.29, 1.82) is 0 Å². The van der Waals surface area contributed by atoms with Crippen LogP contribution in [0.4, 0.5) is 0 Å². The molecule has 3 heteroatoms. The Morgan fingerprint density at radius 2 is 2.25 bits per heavy atom. The number of aryl methyl sites for hydroxylation is 1. The fourth-order valence-electron chi connectivity index (χ4n) is 1.05. The number of hydrogen-bond acceptors (Lipinski definition) is 2. The van der Waals surface area contributed by atoms with Crippen molar-refractivity contribution in [2.24, 2.45) is 5.73 Å². The lowest BCUT2D eigenvalue weighted by molar-refractivity contribution is 0.267. The number of benzene rings is 1. The lowest BCUT2D eigenvalue weighted by Gasteiger charge is -2.11. The third-order valence-electron chi connectivity index (χ3n) is 1.75. The molecule has 0 amide bonds. The van der Waals surface area contributed by atoms with Crippen molar-refractivity contribution in [3.8, 4) is 0 Å². The standard InChI is InChI=1S/C9H12BrNO/c1-6-2-3-8(10)7(4-6)9(11)5-12/h2-4,9,12H,5,11H2,1H3/t9-/m1/s1. The first-order chi connectivity index (χ1) is 5.65. The van der Waals surface area contributed by atoms with Gasteiger partial charge in [0.25, 0.3) is 0 Å². The third-order valence-corrected chi connectivity index (χ3v) is 2.47. The maximum atomic E-state index is 8.86. The van der Waals surface area contributed by atoms with Crippen LogP contribution >= 0.6 is 15.9 Å². The predicted molar refractivity (Wildman–Crippen MR) is 52.9 cm³/mol. The van der Waals surface area contributed by atoms with Crippen molar-refractivity contribution < 1.29 is 5.11 Å². The van der Waals surface area contributed by atoms with Gasteiger partial charge in [0.2, 0.25) is 0 Å². The number of hydrogen-bond donors (Lipinski definition) is 2. The summed E-state index contributed by atoms with van der Waals surface area (Å²) in [4.78, 5) is 0. The van der Waals surface area contributed by atoms with E-state index in [2.05, 4.69) is 15.9 Å². The molecule has 0 saturated carbocycles. The number of aliphatic hydroxyl groups is 1. The van der Waals surface area contributed by atoms with Crippen LogP contribution in [0, 0.1) is 6.92 Å². The molecular weight excluding hydrogens is 218 g/mol. The maximum absolute atomic E-state index is 8.86. The van der Waals surface area contributed by atoms with E-state index in [0.717, 1.165) is 15.6 Å². The SMILES string of the molecule is Cc1ccc(Br)c([C@H](N)CO)c1. The summed E-state index contributed by atoms with van der Waals surface area (Å²) >= 11 is 3.38. The van der Waals surface area contributed by atoms with E-state index in [1.807, 2.05) is 25.1 Å². The minimum absolute atomic E-state index is 0.0257. The van der Waals surface area contributed by atoms with Gasteiger partial charge in [-0.05, 0) is 18.6 Å². The second-order valence-corrected chi connectivity index (χ2v) is 3.67. The van der Waals surface area contributed by atoms with Gasteiger partial charge in [-0.15, -0.1) is 0 Å². The molecule has 0 aliphatic rings. The Balaban J connectivity index is 3.04. The van der Waals surface area contributed by atoms with E-state index in [-0.39, 0.29) is 12.6 Å². The lowest BCUT2D eigenvalue weighted by Crippen LogP contribution is -2.15. The van der Waals surface area contributed by atoms with Crippen molar-refractivity contribution in [3.05, 3.63) is 33.8 Å². The summed E-state index contributed by atoms with van der Waals surface area (Å²) in [7, 11) is 0. The quantitative estimate of drug-likeness (QED) is 0.812. The van der Waals surface area contributed by atoms with E-state index in [1.54, 1.807) is 0 Å².